The highest BCUT2D eigenvalue weighted by molar-refractivity contribution is 5.74. The molecule has 4 heteroatoms. The molecular weight excluding hydrogens is 190 g/mol. The third-order valence-electron chi connectivity index (χ3n) is 2.16. The number of hydrogen-bond acceptors (Lipinski definition) is 3. The van der Waals surface area contributed by atoms with Crippen LogP contribution in [0.1, 0.15) is 18.9 Å². The van der Waals surface area contributed by atoms with E-state index in [9.17, 15) is 4.79 Å². The van der Waals surface area contributed by atoms with Crippen LogP contribution in [0.25, 0.3) is 0 Å². The Morgan fingerprint density at radius 1 is 1.53 bits per heavy atom. The van der Waals surface area contributed by atoms with Crippen LogP contribution in [0.5, 0.6) is 0 Å². The van der Waals surface area contributed by atoms with Gasteiger partial charge in [0.05, 0.1) is 0 Å². The molecule has 1 aromatic heterocycles. The molecule has 0 aromatic carbocycles. The van der Waals surface area contributed by atoms with Gasteiger partial charge in [0, 0.05) is 24.9 Å². The van der Waals surface area contributed by atoms with Gasteiger partial charge in [-0.25, -0.2) is 0 Å². The quantitative estimate of drug-likeness (QED) is 0.713. The van der Waals surface area contributed by atoms with Crippen LogP contribution in [0.4, 0.5) is 0 Å². The lowest BCUT2D eigenvalue weighted by molar-refractivity contribution is -0.118. The molecule has 82 valence electrons. The van der Waals surface area contributed by atoms with Crippen LogP contribution in [0.2, 0.25) is 0 Å². The lowest BCUT2D eigenvalue weighted by Gasteiger charge is -2.11. The van der Waals surface area contributed by atoms with Crippen molar-refractivity contribution in [2.45, 2.75) is 25.8 Å². The third-order valence-corrected chi connectivity index (χ3v) is 2.16. The Labute approximate surface area is 89.9 Å². The molecule has 0 fully saturated rings. The first kappa shape index (κ1) is 11.7. The molecule has 1 unspecified atom stereocenters. The Balaban J connectivity index is 2.19. The lowest BCUT2D eigenvalue weighted by Crippen LogP contribution is -2.32. The van der Waals surface area contributed by atoms with E-state index in [0.717, 1.165) is 13.0 Å². The van der Waals surface area contributed by atoms with E-state index >= 15 is 0 Å². The number of nitrogens with zero attached hydrogens (tertiary/aromatic N) is 1. The van der Waals surface area contributed by atoms with Crippen LogP contribution in [0, 0.1) is 0 Å². The molecule has 0 aliphatic carbocycles. The van der Waals surface area contributed by atoms with Crippen LogP contribution < -0.4 is 11.1 Å². The molecule has 1 heterocycles. The van der Waals surface area contributed by atoms with Crippen molar-refractivity contribution in [1.29, 1.82) is 0 Å². The summed E-state index contributed by atoms with van der Waals surface area (Å²) in [5.41, 5.74) is 6.33. The van der Waals surface area contributed by atoms with Gasteiger partial charge in [0.15, 0.2) is 0 Å². The minimum Gasteiger partial charge on any atom is -0.370 e. The van der Waals surface area contributed by atoms with Gasteiger partial charge in [-0.2, -0.15) is 0 Å². The highest BCUT2D eigenvalue weighted by Gasteiger charge is 2.04. The summed E-state index contributed by atoms with van der Waals surface area (Å²) < 4.78 is 0. The number of nitrogens with two attached hydrogens (primary N) is 1. The van der Waals surface area contributed by atoms with Crippen molar-refractivity contribution in [3.05, 3.63) is 30.1 Å². The van der Waals surface area contributed by atoms with E-state index in [2.05, 4.69) is 10.3 Å². The number of rotatable bonds is 6. The average molecular weight is 207 g/mol. The lowest BCUT2D eigenvalue weighted by atomic mass is 10.2. The van der Waals surface area contributed by atoms with E-state index in [4.69, 9.17) is 5.73 Å². The summed E-state index contributed by atoms with van der Waals surface area (Å²) in [6, 6.07) is 4.12. The molecule has 1 atom stereocenters. The molecule has 0 aliphatic rings. The average Bonchev–Trinajstić information content (AvgIpc) is 2.18. The summed E-state index contributed by atoms with van der Waals surface area (Å²) in [7, 11) is 0. The maximum atomic E-state index is 10.6. The number of nitrogens with one attached hydrogen (secondary N) is 1. The summed E-state index contributed by atoms with van der Waals surface area (Å²) in [5.74, 6) is -0.265. The number of primary amides is 1. The van der Waals surface area contributed by atoms with Crippen LogP contribution in [-0.4, -0.2) is 23.5 Å². The molecule has 0 radical (unpaired) electrons. The molecule has 3 N–H and O–H groups in total. The smallest absolute Gasteiger partial charge is 0.218 e. The Kier molecular flexibility index (Phi) is 4.77. The fourth-order valence-corrected chi connectivity index (χ4v) is 1.39. The normalized spacial score (nSPS) is 12.3. The predicted octanol–water partition coefficient (Wildman–Crippen LogP) is 0.478. The molecular formula is C11H17N3O. The zero-order valence-electron chi connectivity index (χ0n) is 8.94. The second-order valence-electron chi connectivity index (χ2n) is 3.63. The minimum atomic E-state index is -0.265. The molecule has 0 spiro atoms. The van der Waals surface area contributed by atoms with Gasteiger partial charge in [0.2, 0.25) is 5.91 Å². The van der Waals surface area contributed by atoms with Gasteiger partial charge in [-0.15, -0.1) is 0 Å². The Hall–Kier alpha value is -1.42. The molecule has 15 heavy (non-hydrogen) atoms. The number of aromatic nitrogens is 1. The number of hydrogen-bond donors (Lipinski definition) is 2. The van der Waals surface area contributed by atoms with Crippen molar-refractivity contribution in [1.82, 2.24) is 10.3 Å². The fourth-order valence-electron chi connectivity index (χ4n) is 1.39. The molecule has 1 amide bonds. The minimum absolute atomic E-state index is 0.143. The second-order valence-corrected chi connectivity index (χ2v) is 3.63. The standard InChI is InChI=1S/C11H17N3O/c1-9(8-11(12)15)14-7-4-10-2-5-13-6-3-10/h2-3,5-6,9,14H,4,7-8H2,1H3,(H2,12,15). The van der Waals surface area contributed by atoms with E-state index in [1.807, 2.05) is 19.1 Å². The van der Waals surface area contributed by atoms with E-state index in [1.165, 1.54) is 5.56 Å². The van der Waals surface area contributed by atoms with Crippen LogP contribution in [-0.2, 0) is 11.2 Å². The van der Waals surface area contributed by atoms with Gasteiger partial charge < -0.3 is 11.1 Å². The van der Waals surface area contributed by atoms with Crippen molar-refractivity contribution < 1.29 is 4.79 Å². The maximum absolute atomic E-state index is 10.6. The number of amides is 1. The van der Waals surface area contributed by atoms with Crippen LogP contribution in [0.15, 0.2) is 24.5 Å². The predicted molar refractivity (Wildman–Crippen MR) is 59.2 cm³/mol. The molecule has 1 rings (SSSR count). The van der Waals surface area contributed by atoms with Crippen LogP contribution in [0.3, 0.4) is 0 Å². The SMILES string of the molecule is CC(CC(N)=O)NCCc1ccncc1. The van der Waals surface area contributed by atoms with Crippen molar-refractivity contribution >= 4 is 5.91 Å². The highest BCUT2D eigenvalue weighted by atomic mass is 16.1. The van der Waals surface area contributed by atoms with Gasteiger partial charge in [-0.1, -0.05) is 0 Å². The Morgan fingerprint density at radius 3 is 2.80 bits per heavy atom. The summed E-state index contributed by atoms with van der Waals surface area (Å²) in [6.07, 6.45) is 4.88. The monoisotopic (exact) mass is 207 g/mol. The summed E-state index contributed by atoms with van der Waals surface area (Å²) in [6.45, 7) is 2.80. The van der Waals surface area contributed by atoms with E-state index < -0.39 is 0 Å². The summed E-state index contributed by atoms with van der Waals surface area (Å²) in [5, 5.41) is 3.24. The van der Waals surface area contributed by atoms with Gasteiger partial charge in [0.1, 0.15) is 0 Å². The molecule has 0 aliphatic heterocycles. The molecule has 0 bridgehead atoms. The van der Waals surface area contributed by atoms with Gasteiger partial charge >= 0.3 is 0 Å². The maximum Gasteiger partial charge on any atom is 0.218 e. The largest absolute Gasteiger partial charge is 0.370 e. The first-order valence-corrected chi connectivity index (χ1v) is 5.09. The van der Waals surface area contributed by atoms with Gasteiger partial charge in [-0.3, -0.25) is 9.78 Å². The fraction of sp³-hybridized carbons (Fsp3) is 0.455. The van der Waals surface area contributed by atoms with Crippen molar-refractivity contribution in [3.63, 3.8) is 0 Å². The first-order valence-electron chi connectivity index (χ1n) is 5.09. The Morgan fingerprint density at radius 2 is 2.20 bits per heavy atom. The number of carbonyl (C=O) groups is 1. The molecule has 4 nitrogen and oxygen atoms in total. The van der Waals surface area contributed by atoms with Crippen molar-refractivity contribution in [2.75, 3.05) is 6.54 Å². The van der Waals surface area contributed by atoms with E-state index in [0.29, 0.717) is 6.42 Å². The molecule has 0 saturated heterocycles. The van der Waals surface area contributed by atoms with E-state index in [1.54, 1.807) is 12.4 Å². The number of pyridine rings is 1. The summed E-state index contributed by atoms with van der Waals surface area (Å²) in [4.78, 5) is 14.6. The van der Waals surface area contributed by atoms with E-state index in [-0.39, 0.29) is 11.9 Å². The van der Waals surface area contributed by atoms with Gasteiger partial charge in [0.25, 0.3) is 0 Å². The second kappa shape index (κ2) is 6.14. The molecule has 0 saturated carbocycles. The first-order chi connectivity index (χ1) is 7.18. The zero-order chi connectivity index (χ0) is 11.1. The number of carbonyl (C=O) groups excluding carboxylic acids is 1. The van der Waals surface area contributed by atoms with Gasteiger partial charge in [-0.05, 0) is 37.6 Å². The topological polar surface area (TPSA) is 68.0 Å². The zero-order valence-corrected chi connectivity index (χ0v) is 8.94. The Bertz CT molecular complexity index is 300. The molecule has 1 aromatic rings. The third kappa shape index (κ3) is 5.12. The van der Waals surface area contributed by atoms with Crippen LogP contribution >= 0.6 is 0 Å². The summed E-state index contributed by atoms with van der Waals surface area (Å²) >= 11 is 0. The van der Waals surface area contributed by atoms with Crippen molar-refractivity contribution in [3.8, 4) is 0 Å². The van der Waals surface area contributed by atoms with Crippen molar-refractivity contribution in [2.24, 2.45) is 5.73 Å². The highest BCUT2D eigenvalue weighted by Crippen LogP contribution is 1.97.